The van der Waals surface area contributed by atoms with Crippen LogP contribution < -0.4 is 0 Å². The van der Waals surface area contributed by atoms with Gasteiger partial charge in [0.05, 0.1) is 0 Å². The third-order valence-corrected chi connectivity index (χ3v) is 3.16. The van der Waals surface area contributed by atoms with Gasteiger partial charge in [-0.3, -0.25) is 4.79 Å². The van der Waals surface area contributed by atoms with E-state index in [9.17, 15) is 4.79 Å². The van der Waals surface area contributed by atoms with Crippen molar-refractivity contribution >= 4 is 29.0 Å². The Bertz CT molecular complexity index is 266. The maximum atomic E-state index is 10.9. The lowest BCUT2D eigenvalue weighted by Crippen LogP contribution is -2.26. The van der Waals surface area contributed by atoms with E-state index >= 15 is 0 Å². The lowest BCUT2D eigenvalue weighted by atomic mass is 9.81. The standard InChI is InChI=1S/C9H10Cl2O/c1-6-5-7(12)3-4-9(6,2)8(10)11/h3-5,8H,1-2H3/t9-/m0/s1. The Hall–Kier alpha value is -0.270. The van der Waals surface area contributed by atoms with Crippen molar-refractivity contribution in [2.75, 3.05) is 0 Å². The van der Waals surface area contributed by atoms with Gasteiger partial charge in [-0.1, -0.05) is 11.6 Å². The quantitative estimate of drug-likeness (QED) is 0.601. The molecule has 1 aliphatic rings. The van der Waals surface area contributed by atoms with Gasteiger partial charge < -0.3 is 0 Å². The van der Waals surface area contributed by atoms with Crippen molar-refractivity contribution in [3.05, 3.63) is 23.8 Å². The van der Waals surface area contributed by atoms with Crippen LogP contribution in [0.2, 0.25) is 0 Å². The van der Waals surface area contributed by atoms with E-state index in [0.717, 1.165) is 5.57 Å². The third kappa shape index (κ3) is 1.57. The summed E-state index contributed by atoms with van der Waals surface area (Å²) in [5, 5.41) is 0. The molecular weight excluding hydrogens is 195 g/mol. The highest BCUT2D eigenvalue weighted by Crippen LogP contribution is 2.39. The Morgan fingerprint density at radius 3 is 2.50 bits per heavy atom. The van der Waals surface area contributed by atoms with Crippen molar-refractivity contribution < 1.29 is 4.79 Å². The van der Waals surface area contributed by atoms with Gasteiger partial charge in [-0.2, -0.15) is 0 Å². The fourth-order valence-corrected chi connectivity index (χ4v) is 1.54. The van der Waals surface area contributed by atoms with E-state index in [2.05, 4.69) is 0 Å². The summed E-state index contributed by atoms with van der Waals surface area (Å²) in [6, 6.07) is 0. The van der Waals surface area contributed by atoms with Crippen LogP contribution in [0.4, 0.5) is 0 Å². The molecule has 0 spiro atoms. The molecule has 0 aromatic heterocycles. The SMILES string of the molecule is CC1=CC(=O)C=C[C@]1(C)C(Cl)Cl. The molecule has 0 heterocycles. The van der Waals surface area contributed by atoms with E-state index in [1.807, 2.05) is 13.8 Å². The summed E-state index contributed by atoms with van der Waals surface area (Å²) < 4.78 is 0. The Balaban J connectivity index is 3.02. The van der Waals surface area contributed by atoms with E-state index in [-0.39, 0.29) is 5.78 Å². The summed E-state index contributed by atoms with van der Waals surface area (Å²) in [5.41, 5.74) is 0.516. The molecule has 0 fully saturated rings. The van der Waals surface area contributed by atoms with Gasteiger partial charge in [-0.25, -0.2) is 0 Å². The molecule has 1 nitrogen and oxygen atoms in total. The molecule has 0 aromatic rings. The minimum absolute atomic E-state index is 0.000965. The molecular formula is C9H10Cl2O. The number of hydrogen-bond donors (Lipinski definition) is 0. The maximum Gasteiger partial charge on any atom is 0.178 e. The molecule has 0 radical (unpaired) electrons. The third-order valence-electron chi connectivity index (χ3n) is 2.26. The van der Waals surface area contributed by atoms with Crippen LogP contribution in [0.15, 0.2) is 23.8 Å². The lowest BCUT2D eigenvalue weighted by molar-refractivity contribution is -0.110. The second-order valence-corrected chi connectivity index (χ2v) is 4.24. The number of alkyl halides is 2. The van der Waals surface area contributed by atoms with Crippen LogP contribution in [-0.2, 0) is 4.79 Å². The average Bonchev–Trinajstić information content (AvgIpc) is 1.97. The monoisotopic (exact) mass is 204 g/mol. The van der Waals surface area contributed by atoms with Crippen molar-refractivity contribution in [2.45, 2.75) is 18.7 Å². The van der Waals surface area contributed by atoms with Gasteiger partial charge in [0.15, 0.2) is 5.78 Å². The van der Waals surface area contributed by atoms with Gasteiger partial charge >= 0.3 is 0 Å². The normalized spacial score (nSPS) is 29.4. The molecule has 0 saturated carbocycles. The van der Waals surface area contributed by atoms with E-state index in [1.165, 1.54) is 6.08 Å². The topological polar surface area (TPSA) is 17.1 Å². The summed E-state index contributed by atoms with van der Waals surface area (Å²) >= 11 is 11.6. The Kier molecular flexibility index (Phi) is 2.64. The molecule has 0 bridgehead atoms. The Morgan fingerprint density at radius 1 is 1.50 bits per heavy atom. The van der Waals surface area contributed by atoms with E-state index < -0.39 is 10.3 Å². The molecule has 0 saturated heterocycles. The van der Waals surface area contributed by atoms with Crippen LogP contribution in [0.1, 0.15) is 13.8 Å². The minimum atomic E-state index is -0.516. The predicted octanol–water partition coefficient (Wildman–Crippen LogP) is 2.88. The van der Waals surface area contributed by atoms with Crippen LogP contribution in [0.5, 0.6) is 0 Å². The number of halogens is 2. The van der Waals surface area contributed by atoms with E-state index in [0.29, 0.717) is 0 Å². The smallest absolute Gasteiger partial charge is 0.178 e. The van der Waals surface area contributed by atoms with Gasteiger partial charge in [0.2, 0.25) is 0 Å². The molecule has 0 N–H and O–H groups in total. The molecule has 0 aliphatic heterocycles. The van der Waals surface area contributed by atoms with Gasteiger partial charge in [0.1, 0.15) is 4.84 Å². The first-order valence-electron chi connectivity index (χ1n) is 3.67. The zero-order chi connectivity index (χ0) is 9.35. The summed E-state index contributed by atoms with van der Waals surface area (Å²) in [5.74, 6) is -0.000965. The molecule has 0 unspecified atom stereocenters. The highest BCUT2D eigenvalue weighted by atomic mass is 35.5. The van der Waals surface area contributed by atoms with Crippen molar-refractivity contribution in [1.82, 2.24) is 0 Å². The summed E-state index contributed by atoms with van der Waals surface area (Å²) in [6.45, 7) is 3.77. The van der Waals surface area contributed by atoms with Gasteiger partial charge in [0.25, 0.3) is 0 Å². The molecule has 0 amide bonds. The van der Waals surface area contributed by atoms with Crippen LogP contribution >= 0.6 is 23.2 Å². The van der Waals surface area contributed by atoms with Crippen molar-refractivity contribution in [3.8, 4) is 0 Å². The molecule has 12 heavy (non-hydrogen) atoms. The van der Waals surface area contributed by atoms with Crippen molar-refractivity contribution in [3.63, 3.8) is 0 Å². The van der Waals surface area contributed by atoms with Crippen LogP contribution in [0, 0.1) is 5.41 Å². The molecule has 1 rings (SSSR count). The number of carbonyl (C=O) groups excluding carboxylic acids is 1. The molecule has 0 aromatic carbocycles. The molecule has 66 valence electrons. The van der Waals surface area contributed by atoms with Crippen molar-refractivity contribution in [2.24, 2.45) is 5.41 Å². The number of carbonyl (C=O) groups is 1. The van der Waals surface area contributed by atoms with Crippen molar-refractivity contribution in [1.29, 1.82) is 0 Å². The zero-order valence-electron chi connectivity index (χ0n) is 6.97. The largest absolute Gasteiger partial charge is 0.290 e. The minimum Gasteiger partial charge on any atom is -0.290 e. The number of rotatable bonds is 1. The summed E-state index contributed by atoms with van der Waals surface area (Å²) in [4.78, 5) is 10.4. The second-order valence-electron chi connectivity index (χ2n) is 3.15. The molecule has 1 aliphatic carbocycles. The summed E-state index contributed by atoms with van der Waals surface area (Å²) in [7, 11) is 0. The Morgan fingerprint density at radius 2 is 2.08 bits per heavy atom. The van der Waals surface area contributed by atoms with Gasteiger partial charge in [-0.05, 0) is 26.0 Å². The summed E-state index contributed by atoms with van der Waals surface area (Å²) in [6.07, 6.45) is 4.83. The molecule has 1 atom stereocenters. The fraction of sp³-hybridized carbons (Fsp3) is 0.444. The molecule has 3 heteroatoms. The first-order chi connectivity index (χ1) is 5.47. The Labute approximate surface area is 82.0 Å². The highest BCUT2D eigenvalue weighted by Gasteiger charge is 2.33. The van der Waals surface area contributed by atoms with Crippen LogP contribution in [-0.4, -0.2) is 10.6 Å². The first kappa shape index (κ1) is 9.82. The van der Waals surface area contributed by atoms with E-state index in [4.69, 9.17) is 23.2 Å². The van der Waals surface area contributed by atoms with Gasteiger partial charge in [0, 0.05) is 5.41 Å². The maximum absolute atomic E-state index is 10.9. The van der Waals surface area contributed by atoms with Crippen LogP contribution in [0.3, 0.4) is 0 Å². The number of hydrogen-bond acceptors (Lipinski definition) is 1. The predicted molar refractivity (Wildman–Crippen MR) is 51.5 cm³/mol. The zero-order valence-corrected chi connectivity index (χ0v) is 8.49. The number of ketones is 1. The average molecular weight is 205 g/mol. The van der Waals surface area contributed by atoms with E-state index in [1.54, 1.807) is 12.2 Å². The fourth-order valence-electron chi connectivity index (χ4n) is 1.05. The van der Waals surface area contributed by atoms with Gasteiger partial charge in [-0.15, -0.1) is 23.2 Å². The lowest BCUT2D eigenvalue weighted by Gasteiger charge is -2.30. The number of allylic oxidation sites excluding steroid dienone is 4. The highest BCUT2D eigenvalue weighted by molar-refractivity contribution is 6.45. The van der Waals surface area contributed by atoms with Crippen LogP contribution in [0.25, 0.3) is 0 Å². The second kappa shape index (κ2) is 3.23. The first-order valence-corrected chi connectivity index (χ1v) is 4.54.